The van der Waals surface area contributed by atoms with Crippen molar-refractivity contribution in [1.29, 1.82) is 0 Å². The van der Waals surface area contributed by atoms with Gasteiger partial charge in [0.15, 0.2) is 5.65 Å². The van der Waals surface area contributed by atoms with E-state index in [1.165, 1.54) is 0 Å². The van der Waals surface area contributed by atoms with Crippen molar-refractivity contribution in [3.05, 3.63) is 58.3 Å². The Kier molecular flexibility index (Phi) is 7.75. The van der Waals surface area contributed by atoms with Gasteiger partial charge < -0.3 is 15.0 Å². The minimum atomic E-state index is -0.129. The van der Waals surface area contributed by atoms with E-state index in [0.717, 1.165) is 47.7 Å². The molecule has 2 amide bonds. The number of aromatic nitrogens is 4. The summed E-state index contributed by atoms with van der Waals surface area (Å²) in [5.41, 5.74) is 5.26. The Labute approximate surface area is 205 Å². The minimum absolute atomic E-state index is 0.0363. The predicted molar refractivity (Wildman–Crippen MR) is 133 cm³/mol. The number of hydrogen-bond donors (Lipinski definition) is 1. The van der Waals surface area contributed by atoms with E-state index in [0.29, 0.717) is 44.0 Å². The number of nitrogens with one attached hydrogen (secondary N) is 1. The molecule has 35 heavy (non-hydrogen) atoms. The second-order valence-corrected chi connectivity index (χ2v) is 9.13. The van der Waals surface area contributed by atoms with E-state index < -0.39 is 0 Å². The van der Waals surface area contributed by atoms with Gasteiger partial charge >= 0.3 is 0 Å². The SMILES string of the molecule is CCCOCCNC(=O)c1ccc(C)nc1C1CCN(C(=O)c2cnc3cc(C)nn3c2C)CC1. The van der Waals surface area contributed by atoms with Gasteiger partial charge in [0.1, 0.15) is 0 Å². The number of pyridine rings is 1. The fourth-order valence-electron chi connectivity index (χ4n) is 4.56. The molecular weight excluding hydrogens is 444 g/mol. The van der Waals surface area contributed by atoms with Crippen molar-refractivity contribution in [2.45, 2.75) is 52.9 Å². The average Bonchev–Trinajstić information content (AvgIpc) is 3.25. The molecule has 1 saturated heterocycles. The van der Waals surface area contributed by atoms with E-state index in [-0.39, 0.29) is 17.7 Å². The molecule has 9 nitrogen and oxygen atoms in total. The van der Waals surface area contributed by atoms with Gasteiger partial charge in [0.25, 0.3) is 11.8 Å². The first-order valence-corrected chi connectivity index (χ1v) is 12.3. The summed E-state index contributed by atoms with van der Waals surface area (Å²) in [5.74, 6) is -0.0483. The van der Waals surface area contributed by atoms with Crippen molar-refractivity contribution in [3.63, 3.8) is 0 Å². The number of hydrogen-bond acceptors (Lipinski definition) is 6. The smallest absolute Gasteiger partial charge is 0.257 e. The number of carbonyl (C=O) groups is 2. The Morgan fingerprint density at radius 2 is 1.86 bits per heavy atom. The lowest BCUT2D eigenvalue weighted by Crippen LogP contribution is -2.39. The maximum Gasteiger partial charge on any atom is 0.257 e. The minimum Gasteiger partial charge on any atom is -0.380 e. The van der Waals surface area contributed by atoms with Gasteiger partial charge in [0, 0.05) is 50.1 Å². The molecule has 1 aliphatic rings. The van der Waals surface area contributed by atoms with Gasteiger partial charge in [-0.25, -0.2) is 9.50 Å². The van der Waals surface area contributed by atoms with Gasteiger partial charge in [-0.1, -0.05) is 6.92 Å². The molecule has 0 radical (unpaired) electrons. The normalized spacial score (nSPS) is 14.5. The molecule has 3 aromatic rings. The third-order valence-electron chi connectivity index (χ3n) is 6.43. The van der Waals surface area contributed by atoms with Crippen molar-refractivity contribution in [3.8, 4) is 0 Å². The molecular formula is C26H34N6O3. The maximum absolute atomic E-state index is 13.3. The standard InChI is InChI=1S/C26H34N6O3/c1-5-13-35-14-10-27-25(33)21-7-6-17(2)29-24(21)20-8-11-31(12-9-20)26(34)22-16-28-23-15-18(3)30-32(23)19(22)4/h6-7,15-16,20H,5,8-14H2,1-4H3,(H,27,33). The average molecular weight is 479 g/mol. The molecule has 0 saturated carbocycles. The third kappa shape index (κ3) is 5.51. The number of carbonyl (C=O) groups excluding carboxylic acids is 2. The number of ether oxygens (including phenoxy) is 1. The van der Waals surface area contributed by atoms with Gasteiger partial charge in [-0.3, -0.25) is 14.6 Å². The molecule has 3 aromatic heterocycles. The van der Waals surface area contributed by atoms with Crippen molar-refractivity contribution in [2.75, 3.05) is 32.8 Å². The maximum atomic E-state index is 13.3. The summed E-state index contributed by atoms with van der Waals surface area (Å²) < 4.78 is 7.19. The Bertz CT molecular complexity index is 1210. The van der Waals surface area contributed by atoms with Crippen molar-refractivity contribution in [2.24, 2.45) is 0 Å². The monoisotopic (exact) mass is 478 g/mol. The van der Waals surface area contributed by atoms with Crippen LogP contribution in [0.2, 0.25) is 0 Å². The lowest BCUT2D eigenvalue weighted by Gasteiger charge is -2.32. The first-order valence-electron chi connectivity index (χ1n) is 12.3. The summed E-state index contributed by atoms with van der Waals surface area (Å²) in [7, 11) is 0. The van der Waals surface area contributed by atoms with E-state index in [4.69, 9.17) is 9.72 Å². The van der Waals surface area contributed by atoms with Crippen molar-refractivity contribution < 1.29 is 14.3 Å². The van der Waals surface area contributed by atoms with Crippen LogP contribution < -0.4 is 5.32 Å². The van der Waals surface area contributed by atoms with Crippen molar-refractivity contribution in [1.82, 2.24) is 29.8 Å². The first kappa shape index (κ1) is 24.8. The van der Waals surface area contributed by atoms with Crippen LogP contribution in [-0.2, 0) is 4.74 Å². The fraction of sp³-hybridized carbons (Fsp3) is 0.500. The highest BCUT2D eigenvalue weighted by atomic mass is 16.5. The fourth-order valence-corrected chi connectivity index (χ4v) is 4.56. The molecule has 0 spiro atoms. The number of aryl methyl sites for hydroxylation is 3. The van der Waals surface area contributed by atoms with Gasteiger partial charge in [-0.05, 0) is 52.2 Å². The highest BCUT2D eigenvalue weighted by molar-refractivity contribution is 5.96. The summed E-state index contributed by atoms with van der Waals surface area (Å²) in [4.78, 5) is 37.2. The van der Waals surface area contributed by atoms with Crippen LogP contribution in [0.15, 0.2) is 24.4 Å². The molecule has 0 unspecified atom stereocenters. The summed E-state index contributed by atoms with van der Waals surface area (Å²) in [6.45, 7) is 10.6. The van der Waals surface area contributed by atoms with Crippen LogP contribution in [0.4, 0.5) is 0 Å². The number of nitrogens with zero attached hydrogens (tertiary/aromatic N) is 5. The van der Waals surface area contributed by atoms with Crippen LogP contribution in [0.25, 0.3) is 5.65 Å². The van der Waals surface area contributed by atoms with Gasteiger partial charge in [-0.2, -0.15) is 5.10 Å². The van der Waals surface area contributed by atoms with Crippen LogP contribution in [0.1, 0.15) is 75.6 Å². The molecule has 4 heterocycles. The molecule has 0 atom stereocenters. The summed E-state index contributed by atoms with van der Waals surface area (Å²) in [6.07, 6.45) is 4.10. The second kappa shape index (κ2) is 10.9. The zero-order valence-electron chi connectivity index (χ0n) is 21.0. The topological polar surface area (TPSA) is 102 Å². The van der Waals surface area contributed by atoms with Gasteiger partial charge in [0.2, 0.25) is 0 Å². The molecule has 186 valence electrons. The first-order chi connectivity index (χ1) is 16.9. The lowest BCUT2D eigenvalue weighted by atomic mass is 9.89. The van der Waals surface area contributed by atoms with Gasteiger partial charge in [-0.15, -0.1) is 0 Å². The quantitative estimate of drug-likeness (QED) is 0.499. The number of piperidine rings is 1. The molecule has 1 aliphatic heterocycles. The highest BCUT2D eigenvalue weighted by Gasteiger charge is 2.29. The molecule has 1 N–H and O–H groups in total. The summed E-state index contributed by atoms with van der Waals surface area (Å²) >= 11 is 0. The van der Waals surface area contributed by atoms with Crippen LogP contribution in [-0.4, -0.2) is 69.1 Å². The second-order valence-electron chi connectivity index (χ2n) is 9.13. The Morgan fingerprint density at radius 1 is 1.09 bits per heavy atom. The van der Waals surface area contributed by atoms with Crippen LogP contribution in [0, 0.1) is 20.8 Å². The molecule has 0 aromatic carbocycles. The lowest BCUT2D eigenvalue weighted by molar-refractivity contribution is 0.0708. The van der Waals surface area contributed by atoms with Gasteiger partial charge in [0.05, 0.1) is 34.8 Å². The van der Waals surface area contributed by atoms with E-state index in [9.17, 15) is 9.59 Å². The molecule has 4 rings (SSSR count). The summed E-state index contributed by atoms with van der Waals surface area (Å²) in [5, 5.41) is 7.40. The van der Waals surface area contributed by atoms with Crippen LogP contribution in [0.5, 0.6) is 0 Å². The van der Waals surface area contributed by atoms with E-state index in [2.05, 4.69) is 22.3 Å². The van der Waals surface area contributed by atoms with Crippen LogP contribution >= 0.6 is 0 Å². The third-order valence-corrected chi connectivity index (χ3v) is 6.43. The zero-order chi connectivity index (χ0) is 24.9. The van der Waals surface area contributed by atoms with Crippen LogP contribution in [0.3, 0.4) is 0 Å². The highest BCUT2D eigenvalue weighted by Crippen LogP contribution is 2.30. The Morgan fingerprint density at radius 3 is 2.60 bits per heavy atom. The number of fused-ring (bicyclic) bond motifs is 1. The molecule has 0 bridgehead atoms. The molecule has 1 fully saturated rings. The predicted octanol–water partition coefficient (Wildman–Crippen LogP) is 3.23. The largest absolute Gasteiger partial charge is 0.380 e. The molecule has 0 aliphatic carbocycles. The Balaban J connectivity index is 1.43. The Hall–Kier alpha value is -3.33. The van der Waals surface area contributed by atoms with E-state index >= 15 is 0 Å². The zero-order valence-corrected chi connectivity index (χ0v) is 21.0. The van der Waals surface area contributed by atoms with E-state index in [1.54, 1.807) is 10.7 Å². The van der Waals surface area contributed by atoms with Crippen molar-refractivity contribution >= 4 is 17.5 Å². The molecule has 9 heteroatoms. The number of amides is 2. The van der Waals surface area contributed by atoms with E-state index in [1.807, 2.05) is 43.9 Å². The number of likely N-dealkylation sites (tertiary alicyclic amines) is 1. The number of rotatable bonds is 8. The summed E-state index contributed by atoms with van der Waals surface area (Å²) in [6, 6.07) is 5.62.